The van der Waals surface area contributed by atoms with Gasteiger partial charge in [-0.3, -0.25) is 9.59 Å². The Morgan fingerprint density at radius 2 is 2.00 bits per heavy atom. The number of halogens is 1. The van der Waals surface area contributed by atoms with Crippen LogP contribution >= 0.6 is 15.9 Å². The van der Waals surface area contributed by atoms with Gasteiger partial charge in [0.1, 0.15) is 0 Å². The Bertz CT molecular complexity index is 536. The molecule has 5 heteroatoms. The van der Waals surface area contributed by atoms with Crippen LogP contribution in [0.2, 0.25) is 0 Å². The summed E-state index contributed by atoms with van der Waals surface area (Å²) >= 11 is 3.44. The van der Waals surface area contributed by atoms with Gasteiger partial charge >= 0.3 is 5.97 Å². The zero-order valence-electron chi connectivity index (χ0n) is 12.1. The minimum Gasteiger partial charge on any atom is -0.481 e. The highest BCUT2D eigenvalue weighted by Gasteiger charge is 2.25. The highest BCUT2D eigenvalue weighted by atomic mass is 79.9. The smallest absolute Gasteiger partial charge is 0.303 e. The van der Waals surface area contributed by atoms with E-state index < -0.39 is 5.97 Å². The SMILES string of the molecule is Cc1ccc(Br)c(C(=O)N2CCC(CCC(=O)O)CC2)c1. The lowest BCUT2D eigenvalue weighted by molar-refractivity contribution is -0.137. The minimum atomic E-state index is -0.739. The summed E-state index contributed by atoms with van der Waals surface area (Å²) in [6.07, 6.45) is 2.72. The van der Waals surface area contributed by atoms with Gasteiger partial charge in [-0.25, -0.2) is 0 Å². The lowest BCUT2D eigenvalue weighted by atomic mass is 9.92. The molecule has 114 valence electrons. The number of carbonyl (C=O) groups is 2. The predicted molar refractivity (Wildman–Crippen MR) is 84.4 cm³/mol. The van der Waals surface area contributed by atoms with Gasteiger partial charge in [0.2, 0.25) is 0 Å². The largest absolute Gasteiger partial charge is 0.481 e. The van der Waals surface area contributed by atoms with Gasteiger partial charge in [-0.05, 0) is 60.2 Å². The molecule has 1 aliphatic rings. The zero-order valence-corrected chi connectivity index (χ0v) is 13.7. The first kappa shape index (κ1) is 16.0. The molecule has 0 spiro atoms. The van der Waals surface area contributed by atoms with Gasteiger partial charge in [0.05, 0.1) is 5.56 Å². The third-order valence-corrected chi connectivity index (χ3v) is 4.71. The van der Waals surface area contributed by atoms with E-state index >= 15 is 0 Å². The van der Waals surface area contributed by atoms with Crippen LogP contribution in [0, 0.1) is 12.8 Å². The van der Waals surface area contributed by atoms with Crippen molar-refractivity contribution in [1.29, 1.82) is 0 Å². The number of carbonyl (C=O) groups excluding carboxylic acids is 1. The van der Waals surface area contributed by atoms with Crippen molar-refractivity contribution in [1.82, 2.24) is 4.90 Å². The molecule has 0 aromatic heterocycles. The van der Waals surface area contributed by atoms with Gasteiger partial charge < -0.3 is 10.0 Å². The molecule has 1 fully saturated rings. The van der Waals surface area contributed by atoms with E-state index in [1.807, 2.05) is 30.0 Å². The van der Waals surface area contributed by atoms with E-state index in [4.69, 9.17) is 5.11 Å². The van der Waals surface area contributed by atoms with E-state index in [2.05, 4.69) is 15.9 Å². The number of amides is 1. The van der Waals surface area contributed by atoms with Crippen molar-refractivity contribution in [2.24, 2.45) is 5.92 Å². The fourth-order valence-electron chi connectivity index (χ4n) is 2.73. The molecule has 21 heavy (non-hydrogen) atoms. The maximum Gasteiger partial charge on any atom is 0.303 e. The normalized spacial score (nSPS) is 16.0. The summed E-state index contributed by atoms with van der Waals surface area (Å²) in [5, 5.41) is 8.72. The Kier molecular flexibility index (Phi) is 5.39. The molecule has 0 saturated carbocycles. The number of nitrogens with zero attached hydrogens (tertiary/aromatic N) is 1. The maximum atomic E-state index is 12.5. The minimum absolute atomic E-state index is 0.0576. The number of likely N-dealkylation sites (tertiary alicyclic amines) is 1. The zero-order chi connectivity index (χ0) is 15.4. The number of aliphatic carboxylic acids is 1. The lowest BCUT2D eigenvalue weighted by Gasteiger charge is -2.32. The fourth-order valence-corrected chi connectivity index (χ4v) is 3.14. The maximum absolute atomic E-state index is 12.5. The van der Waals surface area contributed by atoms with Crippen molar-refractivity contribution in [3.8, 4) is 0 Å². The molecule has 4 nitrogen and oxygen atoms in total. The second-order valence-corrected chi connectivity index (χ2v) is 6.51. The summed E-state index contributed by atoms with van der Waals surface area (Å²) in [7, 11) is 0. The van der Waals surface area contributed by atoms with Crippen LogP contribution in [0.25, 0.3) is 0 Å². The summed E-state index contributed by atoms with van der Waals surface area (Å²) in [5.41, 5.74) is 1.77. The Morgan fingerprint density at radius 3 is 2.62 bits per heavy atom. The standard InChI is InChI=1S/C16H20BrNO3/c1-11-2-4-14(17)13(10-11)16(21)18-8-6-12(7-9-18)3-5-15(19)20/h2,4,10,12H,3,5-9H2,1H3,(H,19,20). The second kappa shape index (κ2) is 7.07. The first-order valence-electron chi connectivity index (χ1n) is 7.24. The number of carboxylic acid groups (broad SMARTS) is 1. The topological polar surface area (TPSA) is 57.6 Å². The Morgan fingerprint density at radius 1 is 1.33 bits per heavy atom. The molecule has 0 atom stereocenters. The van der Waals surface area contributed by atoms with Crippen molar-refractivity contribution in [3.63, 3.8) is 0 Å². The molecule has 0 aliphatic carbocycles. The van der Waals surface area contributed by atoms with E-state index in [9.17, 15) is 9.59 Å². The van der Waals surface area contributed by atoms with Crippen LogP contribution in [0.1, 0.15) is 41.6 Å². The molecular weight excluding hydrogens is 334 g/mol. The predicted octanol–water partition coefficient (Wildman–Crippen LogP) is 3.47. The molecule has 1 aliphatic heterocycles. The van der Waals surface area contributed by atoms with Crippen molar-refractivity contribution >= 4 is 27.8 Å². The molecule has 2 rings (SSSR count). The van der Waals surface area contributed by atoms with Gasteiger partial charge in [0.25, 0.3) is 5.91 Å². The highest BCUT2D eigenvalue weighted by molar-refractivity contribution is 9.10. The van der Waals surface area contributed by atoms with E-state index in [0.717, 1.165) is 22.9 Å². The summed E-state index contributed by atoms with van der Waals surface area (Å²) in [6, 6.07) is 5.78. The number of hydrogen-bond donors (Lipinski definition) is 1. The number of piperidine rings is 1. The van der Waals surface area contributed by atoms with E-state index in [0.29, 0.717) is 31.0 Å². The summed E-state index contributed by atoms with van der Waals surface area (Å²) in [6.45, 7) is 3.40. The Balaban J connectivity index is 1.94. The van der Waals surface area contributed by atoms with Crippen LogP contribution in [0.15, 0.2) is 22.7 Å². The van der Waals surface area contributed by atoms with Crippen LogP contribution in [0.4, 0.5) is 0 Å². The first-order chi connectivity index (χ1) is 9.97. The van der Waals surface area contributed by atoms with Crippen molar-refractivity contribution in [3.05, 3.63) is 33.8 Å². The van der Waals surface area contributed by atoms with E-state index in [-0.39, 0.29) is 12.3 Å². The van der Waals surface area contributed by atoms with Crippen LogP contribution < -0.4 is 0 Å². The average molecular weight is 354 g/mol. The molecular formula is C16H20BrNO3. The lowest BCUT2D eigenvalue weighted by Crippen LogP contribution is -2.38. The van der Waals surface area contributed by atoms with Crippen molar-refractivity contribution < 1.29 is 14.7 Å². The second-order valence-electron chi connectivity index (χ2n) is 5.65. The highest BCUT2D eigenvalue weighted by Crippen LogP contribution is 2.25. The van der Waals surface area contributed by atoms with E-state index in [1.165, 1.54) is 0 Å². The molecule has 1 saturated heterocycles. The first-order valence-corrected chi connectivity index (χ1v) is 8.04. The Hall–Kier alpha value is -1.36. The van der Waals surface area contributed by atoms with Gasteiger partial charge in [0, 0.05) is 24.0 Å². The molecule has 1 heterocycles. The molecule has 0 radical (unpaired) electrons. The molecule has 1 N–H and O–H groups in total. The van der Waals surface area contributed by atoms with Crippen molar-refractivity contribution in [2.75, 3.05) is 13.1 Å². The quantitative estimate of drug-likeness (QED) is 0.901. The molecule has 0 bridgehead atoms. The van der Waals surface area contributed by atoms with Gasteiger partial charge in [-0.2, -0.15) is 0 Å². The number of benzene rings is 1. The van der Waals surface area contributed by atoms with Crippen LogP contribution in [0.5, 0.6) is 0 Å². The van der Waals surface area contributed by atoms with Crippen LogP contribution in [0.3, 0.4) is 0 Å². The number of aryl methyl sites for hydroxylation is 1. The van der Waals surface area contributed by atoms with Crippen molar-refractivity contribution in [2.45, 2.75) is 32.6 Å². The number of hydrogen-bond acceptors (Lipinski definition) is 2. The molecule has 1 aromatic carbocycles. The van der Waals surface area contributed by atoms with Gasteiger partial charge in [-0.15, -0.1) is 0 Å². The summed E-state index contributed by atoms with van der Waals surface area (Å²) in [5.74, 6) is -0.259. The van der Waals surface area contributed by atoms with Gasteiger partial charge in [-0.1, -0.05) is 11.6 Å². The number of rotatable bonds is 4. The molecule has 0 unspecified atom stereocenters. The van der Waals surface area contributed by atoms with Crippen LogP contribution in [-0.2, 0) is 4.79 Å². The molecule has 1 amide bonds. The average Bonchev–Trinajstić information content (AvgIpc) is 2.47. The third-order valence-electron chi connectivity index (χ3n) is 4.02. The third kappa shape index (κ3) is 4.30. The Labute approximate surface area is 133 Å². The molecule has 1 aromatic rings. The summed E-state index contributed by atoms with van der Waals surface area (Å²) in [4.78, 5) is 25.0. The number of carboxylic acids is 1. The van der Waals surface area contributed by atoms with Gasteiger partial charge in [0.15, 0.2) is 0 Å². The fraction of sp³-hybridized carbons (Fsp3) is 0.500. The van der Waals surface area contributed by atoms with Crippen LogP contribution in [-0.4, -0.2) is 35.0 Å². The summed E-state index contributed by atoms with van der Waals surface area (Å²) < 4.78 is 0.825. The van der Waals surface area contributed by atoms with E-state index in [1.54, 1.807) is 0 Å². The monoisotopic (exact) mass is 353 g/mol.